The first-order valence-electron chi connectivity index (χ1n) is 8.66. The minimum Gasteiger partial charge on any atom is -0.467 e. The molecule has 0 radical (unpaired) electrons. The molecule has 0 bridgehead atoms. The summed E-state index contributed by atoms with van der Waals surface area (Å²) in [5.74, 6) is 1.14. The highest BCUT2D eigenvalue weighted by molar-refractivity contribution is 5.93. The zero-order chi connectivity index (χ0) is 19.3. The van der Waals surface area contributed by atoms with Gasteiger partial charge in [0.15, 0.2) is 0 Å². The summed E-state index contributed by atoms with van der Waals surface area (Å²) in [6, 6.07) is 5.91. The Kier molecular flexibility index (Phi) is 6.42. The zero-order valence-corrected chi connectivity index (χ0v) is 15.9. The Morgan fingerprint density at radius 2 is 2.15 bits per heavy atom. The highest BCUT2D eigenvalue weighted by Crippen LogP contribution is 2.27. The fourth-order valence-corrected chi connectivity index (χ4v) is 2.92. The van der Waals surface area contributed by atoms with Gasteiger partial charge in [-0.15, -0.1) is 0 Å². The van der Waals surface area contributed by atoms with E-state index in [0.717, 1.165) is 29.1 Å². The summed E-state index contributed by atoms with van der Waals surface area (Å²) in [7, 11) is 0. The van der Waals surface area contributed by atoms with Crippen molar-refractivity contribution in [1.29, 1.82) is 5.26 Å². The van der Waals surface area contributed by atoms with Crippen LogP contribution in [0.15, 0.2) is 35.0 Å². The zero-order valence-electron chi connectivity index (χ0n) is 15.9. The molecule has 2 rings (SSSR count). The standard InChI is InChI=1S/C20H26N4O2/c1-6-23(11-14(2)3)13-19(25)22-20-18(10-21)15(4)16(5)24(20)12-17-8-7-9-26-17/h7-9H,2,6,11-13H2,1,3-5H3,(H,22,25). The largest absolute Gasteiger partial charge is 0.467 e. The highest BCUT2D eigenvalue weighted by atomic mass is 16.3. The van der Waals surface area contributed by atoms with Crippen molar-refractivity contribution in [3.05, 3.63) is 53.1 Å². The van der Waals surface area contributed by atoms with Crippen molar-refractivity contribution in [2.45, 2.75) is 34.2 Å². The summed E-state index contributed by atoms with van der Waals surface area (Å²) in [5, 5.41) is 12.5. The highest BCUT2D eigenvalue weighted by Gasteiger charge is 2.21. The average molecular weight is 354 g/mol. The molecule has 0 aliphatic rings. The first-order valence-corrected chi connectivity index (χ1v) is 8.66. The van der Waals surface area contributed by atoms with Crippen LogP contribution in [0.1, 0.15) is 36.4 Å². The van der Waals surface area contributed by atoms with Gasteiger partial charge in [-0.25, -0.2) is 0 Å². The van der Waals surface area contributed by atoms with E-state index in [1.54, 1.807) is 6.26 Å². The van der Waals surface area contributed by atoms with Crippen molar-refractivity contribution in [3.63, 3.8) is 0 Å². The first-order chi connectivity index (χ1) is 12.4. The lowest BCUT2D eigenvalue weighted by molar-refractivity contribution is -0.117. The average Bonchev–Trinajstić information content (AvgIpc) is 3.17. The molecule has 0 aromatic carbocycles. The second kappa shape index (κ2) is 8.54. The SMILES string of the molecule is C=C(C)CN(CC)CC(=O)Nc1c(C#N)c(C)c(C)n1Cc1ccco1. The van der Waals surface area contributed by atoms with Gasteiger partial charge in [0.05, 0.1) is 24.9 Å². The number of carbonyl (C=O) groups excluding carboxylic acids is 1. The van der Waals surface area contributed by atoms with E-state index in [1.165, 1.54) is 0 Å². The van der Waals surface area contributed by atoms with Gasteiger partial charge >= 0.3 is 0 Å². The van der Waals surface area contributed by atoms with Gasteiger partial charge in [-0.05, 0) is 45.0 Å². The molecule has 0 spiro atoms. The summed E-state index contributed by atoms with van der Waals surface area (Å²) in [6.45, 7) is 13.8. The smallest absolute Gasteiger partial charge is 0.239 e. The van der Waals surface area contributed by atoms with Crippen LogP contribution in [0.4, 0.5) is 5.82 Å². The van der Waals surface area contributed by atoms with Gasteiger partial charge in [-0.1, -0.05) is 19.1 Å². The van der Waals surface area contributed by atoms with Crippen LogP contribution in [-0.2, 0) is 11.3 Å². The lowest BCUT2D eigenvalue weighted by Crippen LogP contribution is -2.34. The molecule has 0 saturated carbocycles. The van der Waals surface area contributed by atoms with Crippen LogP contribution in [0.2, 0.25) is 0 Å². The van der Waals surface area contributed by atoms with Gasteiger partial charge in [0.25, 0.3) is 0 Å². The number of nitriles is 1. The Morgan fingerprint density at radius 3 is 2.69 bits per heavy atom. The molecule has 26 heavy (non-hydrogen) atoms. The number of nitrogens with one attached hydrogen (secondary N) is 1. The molecule has 0 aliphatic heterocycles. The number of anilines is 1. The summed E-state index contributed by atoms with van der Waals surface area (Å²) in [6.07, 6.45) is 1.61. The van der Waals surface area contributed by atoms with Crippen LogP contribution in [0.5, 0.6) is 0 Å². The molecule has 0 saturated heterocycles. The fraction of sp³-hybridized carbons (Fsp3) is 0.400. The molecule has 6 heteroatoms. The van der Waals surface area contributed by atoms with E-state index in [2.05, 4.69) is 18.0 Å². The van der Waals surface area contributed by atoms with Crippen molar-refractivity contribution in [2.24, 2.45) is 0 Å². The summed E-state index contributed by atoms with van der Waals surface area (Å²) >= 11 is 0. The molecule has 1 amide bonds. The first kappa shape index (κ1) is 19.5. The summed E-state index contributed by atoms with van der Waals surface area (Å²) in [5.41, 5.74) is 3.29. The maximum Gasteiger partial charge on any atom is 0.239 e. The number of amides is 1. The molecule has 0 unspecified atom stereocenters. The maximum atomic E-state index is 12.6. The molecule has 0 aliphatic carbocycles. The molecule has 2 aromatic rings. The third-order valence-corrected chi connectivity index (χ3v) is 4.40. The van der Waals surface area contributed by atoms with Gasteiger partial charge in [0.1, 0.15) is 17.6 Å². The number of likely N-dealkylation sites (N-methyl/N-ethyl adjacent to an activating group) is 1. The minimum atomic E-state index is -0.150. The Labute approximate surface area is 154 Å². The Balaban J connectivity index is 2.27. The van der Waals surface area contributed by atoms with Crippen LogP contribution >= 0.6 is 0 Å². The second-order valence-corrected chi connectivity index (χ2v) is 6.52. The predicted molar refractivity (Wildman–Crippen MR) is 102 cm³/mol. The molecular weight excluding hydrogens is 328 g/mol. The third-order valence-electron chi connectivity index (χ3n) is 4.40. The molecule has 1 N–H and O–H groups in total. The Morgan fingerprint density at radius 1 is 1.42 bits per heavy atom. The van der Waals surface area contributed by atoms with Crippen LogP contribution in [0.3, 0.4) is 0 Å². The quantitative estimate of drug-likeness (QED) is 0.737. The van der Waals surface area contributed by atoms with Gasteiger partial charge < -0.3 is 14.3 Å². The van der Waals surface area contributed by atoms with E-state index in [9.17, 15) is 10.1 Å². The van der Waals surface area contributed by atoms with Crippen LogP contribution in [-0.4, -0.2) is 35.0 Å². The fourth-order valence-electron chi connectivity index (χ4n) is 2.92. The van der Waals surface area contributed by atoms with Crippen molar-refractivity contribution >= 4 is 11.7 Å². The molecule has 0 fully saturated rings. The van der Waals surface area contributed by atoms with Crippen LogP contribution in [0, 0.1) is 25.2 Å². The van der Waals surface area contributed by atoms with Crippen molar-refractivity contribution < 1.29 is 9.21 Å². The van der Waals surface area contributed by atoms with Crippen molar-refractivity contribution in [1.82, 2.24) is 9.47 Å². The van der Waals surface area contributed by atoms with Crippen molar-refractivity contribution in [3.8, 4) is 6.07 Å². The lowest BCUT2D eigenvalue weighted by atomic mass is 10.2. The molecule has 2 heterocycles. The van der Waals surface area contributed by atoms with E-state index < -0.39 is 0 Å². The minimum absolute atomic E-state index is 0.150. The van der Waals surface area contributed by atoms with E-state index in [4.69, 9.17) is 4.42 Å². The summed E-state index contributed by atoms with van der Waals surface area (Å²) in [4.78, 5) is 14.6. The normalized spacial score (nSPS) is 10.8. The molecule has 2 aromatic heterocycles. The van der Waals surface area contributed by atoms with E-state index in [-0.39, 0.29) is 12.5 Å². The van der Waals surface area contributed by atoms with E-state index in [1.807, 2.05) is 49.3 Å². The predicted octanol–water partition coefficient (Wildman–Crippen LogP) is 3.45. The van der Waals surface area contributed by atoms with Gasteiger partial charge in [-0.2, -0.15) is 5.26 Å². The van der Waals surface area contributed by atoms with Gasteiger partial charge in [-0.3, -0.25) is 9.69 Å². The molecule has 6 nitrogen and oxygen atoms in total. The monoisotopic (exact) mass is 354 g/mol. The van der Waals surface area contributed by atoms with Crippen molar-refractivity contribution in [2.75, 3.05) is 25.0 Å². The lowest BCUT2D eigenvalue weighted by Gasteiger charge is -2.20. The van der Waals surface area contributed by atoms with Crippen LogP contribution < -0.4 is 5.32 Å². The maximum absolute atomic E-state index is 12.6. The van der Waals surface area contributed by atoms with Gasteiger partial charge in [0, 0.05) is 12.2 Å². The summed E-state index contributed by atoms with van der Waals surface area (Å²) < 4.78 is 7.34. The number of nitrogens with zero attached hydrogens (tertiary/aromatic N) is 3. The number of rotatable bonds is 8. The Hall–Kier alpha value is -2.78. The molecule has 0 atom stereocenters. The number of carbonyl (C=O) groups is 1. The van der Waals surface area contributed by atoms with E-state index in [0.29, 0.717) is 24.5 Å². The third kappa shape index (κ3) is 4.44. The molecular formula is C20H26N4O2. The molecule has 138 valence electrons. The number of hydrogen-bond donors (Lipinski definition) is 1. The topological polar surface area (TPSA) is 74.2 Å². The number of furan rings is 1. The van der Waals surface area contributed by atoms with Gasteiger partial charge in [0.2, 0.25) is 5.91 Å². The number of aromatic nitrogens is 1. The van der Waals surface area contributed by atoms with Crippen LogP contribution in [0.25, 0.3) is 0 Å². The van der Waals surface area contributed by atoms with E-state index >= 15 is 0 Å². The Bertz CT molecular complexity index is 825. The second-order valence-electron chi connectivity index (χ2n) is 6.52. The number of hydrogen-bond acceptors (Lipinski definition) is 4.